The number of allylic oxidation sites excluding steroid dienone is 1. The molecule has 0 bridgehead atoms. The van der Waals surface area contributed by atoms with Gasteiger partial charge < -0.3 is 10.6 Å². The van der Waals surface area contributed by atoms with Crippen LogP contribution in [0.2, 0.25) is 0 Å². The number of aromatic nitrogens is 1. The van der Waals surface area contributed by atoms with E-state index in [2.05, 4.69) is 15.6 Å². The van der Waals surface area contributed by atoms with Crippen LogP contribution in [0.1, 0.15) is 16.9 Å². The number of carbonyl (C=O) groups is 1. The molecule has 1 aromatic rings. The quantitative estimate of drug-likeness (QED) is 0.548. The first-order valence-electron chi connectivity index (χ1n) is 5.01. The zero-order valence-electron chi connectivity index (χ0n) is 8.36. The van der Waals surface area contributed by atoms with E-state index in [-0.39, 0.29) is 5.78 Å². The highest BCUT2D eigenvalue weighted by Gasteiger charge is 2.07. The molecular weight excluding hydrogens is 190 g/mol. The number of hydrogen-bond donors (Lipinski definition) is 2. The summed E-state index contributed by atoms with van der Waals surface area (Å²) in [5, 5.41) is 6.24. The van der Waals surface area contributed by atoms with Gasteiger partial charge in [-0.2, -0.15) is 0 Å². The van der Waals surface area contributed by atoms with Crippen LogP contribution < -0.4 is 10.6 Å². The summed E-state index contributed by atoms with van der Waals surface area (Å²) in [7, 11) is 0. The summed E-state index contributed by atoms with van der Waals surface area (Å²) in [4.78, 5) is 15.7. The van der Waals surface area contributed by atoms with Crippen molar-refractivity contribution in [3.05, 3.63) is 42.0 Å². The molecule has 0 unspecified atom stereocenters. The average molecular weight is 203 g/mol. The second kappa shape index (κ2) is 4.59. The van der Waals surface area contributed by atoms with Crippen LogP contribution in [0.5, 0.6) is 0 Å². The van der Waals surface area contributed by atoms with Crippen LogP contribution in [0, 0.1) is 0 Å². The van der Waals surface area contributed by atoms with Crippen LogP contribution in [0.15, 0.2) is 36.3 Å². The maximum atomic E-state index is 11.7. The summed E-state index contributed by atoms with van der Waals surface area (Å²) in [5.41, 5.74) is 0.471. The molecule has 1 aromatic heterocycles. The first-order chi connectivity index (χ1) is 7.36. The first-order valence-corrected chi connectivity index (χ1v) is 5.01. The van der Waals surface area contributed by atoms with Crippen molar-refractivity contribution >= 4 is 5.78 Å². The van der Waals surface area contributed by atoms with Gasteiger partial charge in [0.25, 0.3) is 0 Å². The van der Waals surface area contributed by atoms with Crippen molar-refractivity contribution in [2.24, 2.45) is 0 Å². The van der Waals surface area contributed by atoms with E-state index in [0.29, 0.717) is 5.69 Å². The van der Waals surface area contributed by atoms with Gasteiger partial charge in [0, 0.05) is 25.4 Å². The Bertz CT molecular complexity index is 365. The highest BCUT2D eigenvalue weighted by Crippen LogP contribution is 1.99. The van der Waals surface area contributed by atoms with Gasteiger partial charge >= 0.3 is 0 Å². The molecule has 1 aliphatic rings. The van der Waals surface area contributed by atoms with Gasteiger partial charge in [-0.15, -0.1) is 0 Å². The SMILES string of the molecule is O=C(C=C1NCCCN1)c1ccccn1. The number of rotatable bonds is 2. The van der Waals surface area contributed by atoms with Crippen LogP contribution in [0.3, 0.4) is 0 Å². The highest BCUT2D eigenvalue weighted by molar-refractivity contribution is 6.03. The summed E-state index contributed by atoms with van der Waals surface area (Å²) in [5.74, 6) is 0.712. The molecule has 0 atom stereocenters. The van der Waals surface area contributed by atoms with Crippen LogP contribution >= 0.6 is 0 Å². The van der Waals surface area contributed by atoms with E-state index >= 15 is 0 Å². The lowest BCUT2D eigenvalue weighted by atomic mass is 10.2. The Morgan fingerprint density at radius 2 is 2.13 bits per heavy atom. The second-order valence-electron chi connectivity index (χ2n) is 3.34. The minimum atomic E-state index is -0.0764. The maximum absolute atomic E-state index is 11.7. The van der Waals surface area contributed by atoms with Gasteiger partial charge in [0.05, 0.1) is 0 Å². The number of carbonyl (C=O) groups excluding carboxylic acids is 1. The number of nitrogens with one attached hydrogen (secondary N) is 2. The Labute approximate surface area is 88.4 Å². The van der Waals surface area contributed by atoms with Gasteiger partial charge in [-0.25, -0.2) is 0 Å². The topological polar surface area (TPSA) is 54.0 Å². The molecule has 0 spiro atoms. The fourth-order valence-electron chi connectivity index (χ4n) is 1.41. The van der Waals surface area contributed by atoms with Crippen molar-refractivity contribution in [3.8, 4) is 0 Å². The summed E-state index contributed by atoms with van der Waals surface area (Å²) in [6.45, 7) is 1.82. The minimum Gasteiger partial charge on any atom is -0.372 e. The van der Waals surface area contributed by atoms with Crippen molar-refractivity contribution in [2.75, 3.05) is 13.1 Å². The molecular formula is C11H13N3O. The largest absolute Gasteiger partial charge is 0.372 e. The average Bonchev–Trinajstić information content (AvgIpc) is 2.31. The van der Waals surface area contributed by atoms with Crippen molar-refractivity contribution in [3.63, 3.8) is 0 Å². The van der Waals surface area contributed by atoms with Crippen molar-refractivity contribution in [2.45, 2.75) is 6.42 Å². The fraction of sp³-hybridized carbons (Fsp3) is 0.273. The third kappa shape index (κ3) is 2.56. The molecule has 4 nitrogen and oxygen atoms in total. The van der Waals surface area contributed by atoms with E-state index in [4.69, 9.17) is 0 Å². The lowest BCUT2D eigenvalue weighted by molar-refractivity contribution is 0.104. The van der Waals surface area contributed by atoms with Crippen LogP contribution in [-0.2, 0) is 0 Å². The predicted molar refractivity (Wildman–Crippen MR) is 57.3 cm³/mol. The molecule has 0 amide bonds. The zero-order valence-corrected chi connectivity index (χ0v) is 8.36. The molecule has 0 radical (unpaired) electrons. The lowest BCUT2D eigenvalue weighted by Crippen LogP contribution is -2.35. The summed E-state index contributed by atoms with van der Waals surface area (Å²) in [6.07, 6.45) is 4.25. The number of nitrogens with zero attached hydrogens (tertiary/aromatic N) is 1. The first kappa shape index (κ1) is 9.71. The molecule has 1 saturated heterocycles. The number of ketones is 1. The minimum absolute atomic E-state index is 0.0764. The molecule has 2 heterocycles. The number of pyridine rings is 1. The standard InChI is InChI=1S/C11H13N3O/c15-10(9-4-1-2-5-12-9)8-11-13-6-3-7-14-11/h1-2,4-5,8,13-14H,3,6-7H2. The van der Waals surface area contributed by atoms with Gasteiger partial charge in [0.2, 0.25) is 5.78 Å². The molecule has 2 rings (SSSR count). The van der Waals surface area contributed by atoms with Gasteiger partial charge in [-0.05, 0) is 18.6 Å². The van der Waals surface area contributed by atoms with E-state index in [9.17, 15) is 4.79 Å². The Morgan fingerprint density at radius 3 is 2.80 bits per heavy atom. The molecule has 4 heteroatoms. The lowest BCUT2D eigenvalue weighted by Gasteiger charge is -2.18. The molecule has 0 aliphatic carbocycles. The van der Waals surface area contributed by atoms with Crippen LogP contribution in [-0.4, -0.2) is 23.9 Å². The Kier molecular flexibility index (Phi) is 2.97. The van der Waals surface area contributed by atoms with E-state index in [1.807, 2.05) is 0 Å². The molecule has 15 heavy (non-hydrogen) atoms. The van der Waals surface area contributed by atoms with Crippen LogP contribution in [0.25, 0.3) is 0 Å². The predicted octanol–water partition coefficient (Wildman–Crippen LogP) is 0.689. The van der Waals surface area contributed by atoms with Gasteiger partial charge in [-0.3, -0.25) is 9.78 Å². The fourth-order valence-corrected chi connectivity index (χ4v) is 1.41. The zero-order chi connectivity index (χ0) is 10.5. The van der Waals surface area contributed by atoms with Gasteiger partial charge in [0.15, 0.2) is 0 Å². The Morgan fingerprint density at radius 1 is 1.33 bits per heavy atom. The Balaban J connectivity index is 2.08. The summed E-state index contributed by atoms with van der Waals surface area (Å²) >= 11 is 0. The third-order valence-electron chi connectivity index (χ3n) is 2.18. The molecule has 0 aromatic carbocycles. The highest BCUT2D eigenvalue weighted by atomic mass is 16.1. The normalized spacial score (nSPS) is 15.1. The third-order valence-corrected chi connectivity index (χ3v) is 2.18. The van der Waals surface area contributed by atoms with Crippen molar-refractivity contribution in [1.29, 1.82) is 0 Å². The maximum Gasteiger partial charge on any atom is 0.207 e. The van der Waals surface area contributed by atoms with Gasteiger partial charge in [-0.1, -0.05) is 6.07 Å². The molecule has 0 saturated carbocycles. The molecule has 2 N–H and O–H groups in total. The van der Waals surface area contributed by atoms with E-state index < -0.39 is 0 Å². The van der Waals surface area contributed by atoms with Crippen molar-refractivity contribution < 1.29 is 4.79 Å². The monoisotopic (exact) mass is 203 g/mol. The summed E-state index contributed by atoms with van der Waals surface area (Å²) in [6, 6.07) is 5.31. The van der Waals surface area contributed by atoms with Crippen LogP contribution in [0.4, 0.5) is 0 Å². The molecule has 1 fully saturated rings. The number of hydrogen-bond acceptors (Lipinski definition) is 4. The van der Waals surface area contributed by atoms with E-state index in [1.165, 1.54) is 0 Å². The smallest absolute Gasteiger partial charge is 0.207 e. The van der Waals surface area contributed by atoms with E-state index in [1.54, 1.807) is 30.5 Å². The van der Waals surface area contributed by atoms with Crippen molar-refractivity contribution in [1.82, 2.24) is 15.6 Å². The Hall–Kier alpha value is -1.84. The van der Waals surface area contributed by atoms with Gasteiger partial charge in [0.1, 0.15) is 11.5 Å². The second-order valence-corrected chi connectivity index (χ2v) is 3.34. The van der Waals surface area contributed by atoms with E-state index in [0.717, 1.165) is 25.3 Å². The molecule has 78 valence electrons. The summed E-state index contributed by atoms with van der Waals surface area (Å²) < 4.78 is 0. The molecule has 1 aliphatic heterocycles.